The van der Waals surface area contributed by atoms with Gasteiger partial charge in [-0.1, -0.05) is 54.1 Å². The Balaban J connectivity index is 1.88. The fourth-order valence-corrected chi connectivity index (χ4v) is 3.56. The topological polar surface area (TPSA) is 50.2 Å². The number of fused-ring (bicyclic) bond motifs is 1. The Bertz CT molecular complexity index is 1220. The van der Waals surface area contributed by atoms with Crippen molar-refractivity contribution in [2.24, 2.45) is 0 Å². The number of halogens is 2. The van der Waals surface area contributed by atoms with Crippen LogP contribution in [0.25, 0.3) is 33.3 Å². The van der Waals surface area contributed by atoms with Gasteiger partial charge in [-0.15, -0.1) is 0 Å². The number of carboxylic acid groups (broad SMARTS) is 1. The second-order valence-electron chi connectivity index (χ2n) is 6.48. The van der Waals surface area contributed by atoms with Crippen LogP contribution in [0.2, 0.25) is 5.02 Å². The molecule has 3 nitrogen and oxygen atoms in total. The van der Waals surface area contributed by atoms with E-state index in [1.165, 1.54) is 6.07 Å². The molecule has 4 aromatic rings. The van der Waals surface area contributed by atoms with Gasteiger partial charge in [0.25, 0.3) is 0 Å². The number of carbonyl (C=O) groups is 1. The first-order chi connectivity index (χ1) is 13.5. The Hall–Kier alpha value is -3.24. The van der Waals surface area contributed by atoms with E-state index in [2.05, 4.69) is 4.98 Å². The number of benzene rings is 3. The van der Waals surface area contributed by atoms with Gasteiger partial charge in [-0.05, 0) is 42.3 Å². The van der Waals surface area contributed by atoms with Crippen molar-refractivity contribution in [3.05, 3.63) is 88.7 Å². The number of aromatic carboxylic acids is 1. The maximum Gasteiger partial charge on any atom is 0.336 e. The predicted octanol–water partition coefficient (Wildman–Crippen LogP) is 6.37. The largest absolute Gasteiger partial charge is 0.478 e. The Labute approximate surface area is 166 Å². The van der Waals surface area contributed by atoms with Crippen LogP contribution in [0.1, 0.15) is 15.9 Å². The fourth-order valence-electron chi connectivity index (χ4n) is 3.39. The lowest BCUT2D eigenvalue weighted by Gasteiger charge is -2.13. The van der Waals surface area contributed by atoms with Gasteiger partial charge < -0.3 is 5.11 Å². The molecule has 1 heterocycles. The van der Waals surface area contributed by atoms with Crippen molar-refractivity contribution in [1.82, 2.24) is 4.98 Å². The number of rotatable bonds is 3. The van der Waals surface area contributed by atoms with Gasteiger partial charge in [0.2, 0.25) is 0 Å². The molecule has 1 aromatic heterocycles. The third kappa shape index (κ3) is 3.12. The number of pyridine rings is 1. The smallest absolute Gasteiger partial charge is 0.336 e. The molecule has 5 heteroatoms. The summed E-state index contributed by atoms with van der Waals surface area (Å²) in [5, 5.41) is 10.7. The molecule has 0 bridgehead atoms. The van der Waals surface area contributed by atoms with E-state index in [9.17, 15) is 14.3 Å². The molecule has 138 valence electrons. The summed E-state index contributed by atoms with van der Waals surface area (Å²) in [4.78, 5) is 16.5. The van der Waals surface area contributed by atoms with Gasteiger partial charge in [0.1, 0.15) is 5.82 Å². The van der Waals surface area contributed by atoms with Crippen LogP contribution in [0, 0.1) is 12.7 Å². The van der Waals surface area contributed by atoms with E-state index in [0.717, 1.165) is 11.1 Å². The van der Waals surface area contributed by atoms with Crippen LogP contribution in [-0.4, -0.2) is 16.1 Å². The molecule has 0 amide bonds. The Morgan fingerprint density at radius 2 is 1.68 bits per heavy atom. The maximum atomic E-state index is 14.0. The summed E-state index contributed by atoms with van der Waals surface area (Å²) < 4.78 is 14.0. The van der Waals surface area contributed by atoms with Crippen molar-refractivity contribution in [2.75, 3.05) is 0 Å². The van der Waals surface area contributed by atoms with Crippen LogP contribution in [0.3, 0.4) is 0 Å². The summed E-state index contributed by atoms with van der Waals surface area (Å²) in [7, 11) is 0. The molecule has 0 aliphatic carbocycles. The molecule has 0 saturated heterocycles. The molecule has 28 heavy (non-hydrogen) atoms. The highest BCUT2D eigenvalue weighted by atomic mass is 35.5. The quantitative estimate of drug-likeness (QED) is 0.441. The molecule has 0 atom stereocenters. The lowest BCUT2D eigenvalue weighted by Crippen LogP contribution is -2.05. The molecule has 0 radical (unpaired) electrons. The first-order valence-electron chi connectivity index (χ1n) is 8.64. The van der Waals surface area contributed by atoms with Crippen molar-refractivity contribution in [3.8, 4) is 22.4 Å². The number of nitrogens with zero attached hydrogens (tertiary/aromatic N) is 1. The van der Waals surface area contributed by atoms with E-state index >= 15 is 0 Å². The average molecular weight is 392 g/mol. The SMILES string of the molecule is Cc1c(-c2ccc(-c3ccccc3F)cc2)nc2ccc(Cl)cc2c1C(=O)O. The van der Waals surface area contributed by atoms with Crippen LogP contribution in [-0.2, 0) is 0 Å². The standard InChI is InChI=1S/C23H15ClFNO2/c1-13-21(23(27)28)18-12-16(24)10-11-20(18)26-22(13)15-8-6-14(7-9-15)17-4-2-3-5-19(17)25/h2-12H,1H3,(H,27,28). The Morgan fingerprint density at radius 1 is 1.00 bits per heavy atom. The zero-order valence-corrected chi connectivity index (χ0v) is 15.7. The Morgan fingerprint density at radius 3 is 2.36 bits per heavy atom. The second-order valence-corrected chi connectivity index (χ2v) is 6.92. The van der Waals surface area contributed by atoms with Gasteiger partial charge in [0, 0.05) is 21.5 Å². The first-order valence-corrected chi connectivity index (χ1v) is 9.02. The minimum Gasteiger partial charge on any atom is -0.478 e. The van der Waals surface area contributed by atoms with Gasteiger partial charge in [0.15, 0.2) is 0 Å². The lowest BCUT2D eigenvalue weighted by atomic mass is 9.96. The average Bonchev–Trinajstić information content (AvgIpc) is 2.68. The van der Waals surface area contributed by atoms with Crippen LogP contribution >= 0.6 is 11.6 Å². The molecule has 3 aromatic carbocycles. The highest BCUT2D eigenvalue weighted by Crippen LogP contribution is 2.32. The molecule has 0 unspecified atom stereocenters. The van der Waals surface area contributed by atoms with Gasteiger partial charge in [-0.25, -0.2) is 14.2 Å². The summed E-state index contributed by atoms with van der Waals surface area (Å²) in [6.07, 6.45) is 0. The van der Waals surface area contributed by atoms with Crippen molar-refractivity contribution in [1.29, 1.82) is 0 Å². The van der Waals surface area contributed by atoms with Crippen molar-refractivity contribution < 1.29 is 14.3 Å². The summed E-state index contributed by atoms with van der Waals surface area (Å²) in [6, 6.07) is 18.8. The van der Waals surface area contributed by atoms with E-state index in [1.54, 1.807) is 55.5 Å². The number of hydrogen-bond donors (Lipinski definition) is 1. The number of aromatic nitrogens is 1. The molecule has 4 rings (SSSR count). The minimum absolute atomic E-state index is 0.181. The molecular formula is C23H15ClFNO2. The molecular weight excluding hydrogens is 377 g/mol. The van der Waals surface area contributed by atoms with E-state index in [-0.39, 0.29) is 11.4 Å². The van der Waals surface area contributed by atoms with Crippen LogP contribution in [0.5, 0.6) is 0 Å². The minimum atomic E-state index is -1.03. The molecule has 0 spiro atoms. The molecule has 0 aliphatic rings. The zero-order valence-electron chi connectivity index (χ0n) is 14.9. The fraction of sp³-hybridized carbons (Fsp3) is 0.0435. The van der Waals surface area contributed by atoms with Crippen molar-refractivity contribution in [2.45, 2.75) is 6.92 Å². The van der Waals surface area contributed by atoms with Gasteiger partial charge >= 0.3 is 5.97 Å². The maximum absolute atomic E-state index is 14.0. The summed E-state index contributed by atoms with van der Waals surface area (Å²) in [5.74, 6) is -1.32. The predicted molar refractivity (Wildman–Crippen MR) is 109 cm³/mol. The summed E-state index contributed by atoms with van der Waals surface area (Å²) >= 11 is 6.04. The normalized spacial score (nSPS) is 11.0. The summed E-state index contributed by atoms with van der Waals surface area (Å²) in [6.45, 7) is 1.73. The van der Waals surface area contributed by atoms with Crippen LogP contribution in [0.15, 0.2) is 66.7 Å². The van der Waals surface area contributed by atoms with Crippen LogP contribution < -0.4 is 0 Å². The third-order valence-corrected chi connectivity index (χ3v) is 4.98. The first kappa shape index (κ1) is 18.1. The van der Waals surface area contributed by atoms with Crippen molar-refractivity contribution in [3.63, 3.8) is 0 Å². The highest BCUT2D eigenvalue weighted by molar-refractivity contribution is 6.31. The summed E-state index contributed by atoms with van der Waals surface area (Å²) in [5.41, 5.74) is 3.88. The lowest BCUT2D eigenvalue weighted by molar-refractivity contribution is 0.0698. The Kier molecular flexibility index (Phi) is 4.57. The van der Waals surface area contributed by atoms with Crippen molar-refractivity contribution >= 4 is 28.5 Å². The number of carboxylic acids is 1. The molecule has 0 saturated carbocycles. The monoisotopic (exact) mass is 391 g/mol. The van der Waals surface area contributed by atoms with E-state index in [0.29, 0.717) is 32.7 Å². The molecule has 0 aliphatic heterocycles. The molecule has 1 N–H and O–H groups in total. The van der Waals surface area contributed by atoms with E-state index in [4.69, 9.17) is 11.6 Å². The second kappa shape index (κ2) is 7.06. The zero-order chi connectivity index (χ0) is 19.8. The van der Waals surface area contributed by atoms with E-state index in [1.807, 2.05) is 12.1 Å². The highest BCUT2D eigenvalue weighted by Gasteiger charge is 2.18. The van der Waals surface area contributed by atoms with Gasteiger partial charge in [-0.2, -0.15) is 0 Å². The third-order valence-electron chi connectivity index (χ3n) is 4.75. The van der Waals surface area contributed by atoms with Gasteiger partial charge in [-0.3, -0.25) is 0 Å². The van der Waals surface area contributed by atoms with E-state index < -0.39 is 5.97 Å². The molecule has 0 fully saturated rings. The van der Waals surface area contributed by atoms with Crippen LogP contribution in [0.4, 0.5) is 4.39 Å². The van der Waals surface area contributed by atoms with Gasteiger partial charge in [0.05, 0.1) is 16.8 Å². The number of hydrogen-bond acceptors (Lipinski definition) is 2.